The first-order valence-corrected chi connectivity index (χ1v) is 10.1. The second-order valence-electron chi connectivity index (χ2n) is 6.63. The van der Waals surface area contributed by atoms with Gasteiger partial charge in [0.25, 0.3) is 0 Å². The van der Waals surface area contributed by atoms with E-state index in [1.54, 1.807) is 6.07 Å². The van der Waals surface area contributed by atoms with Gasteiger partial charge in [-0.25, -0.2) is 13.1 Å². The summed E-state index contributed by atoms with van der Waals surface area (Å²) in [7, 11) is -3.35. The summed E-state index contributed by atoms with van der Waals surface area (Å²) in [5.41, 5.74) is 1.04. The average Bonchev–Trinajstić information content (AvgIpc) is 3.32. The average molecular weight is 329 g/mol. The van der Waals surface area contributed by atoms with Crippen molar-refractivity contribution in [1.29, 1.82) is 0 Å². The minimum atomic E-state index is -3.35. The fourth-order valence-electron chi connectivity index (χ4n) is 2.63. The molecule has 1 heterocycles. The molecule has 0 unspecified atom stereocenters. The third-order valence-electron chi connectivity index (χ3n) is 4.16. The maximum Gasteiger partial charge on any atom is 0.250 e. The molecule has 2 fully saturated rings. The summed E-state index contributed by atoms with van der Waals surface area (Å²) in [6, 6.07) is 2.38. The summed E-state index contributed by atoms with van der Waals surface area (Å²) in [6.45, 7) is 4.89. The maximum absolute atomic E-state index is 12.5. The molecule has 4 nitrogen and oxygen atoms in total. The van der Waals surface area contributed by atoms with E-state index in [4.69, 9.17) is 0 Å². The monoisotopic (exact) mass is 328 g/mol. The zero-order valence-electron chi connectivity index (χ0n) is 12.6. The minimum Gasteiger partial charge on any atom is -0.310 e. The molecular formula is C15H24N2O2S2. The Labute approximate surface area is 131 Å². The van der Waals surface area contributed by atoms with Crippen LogP contribution in [0.3, 0.4) is 0 Å². The number of rotatable bonds is 8. The molecule has 2 N–H and O–H groups in total. The molecule has 2 aliphatic rings. The number of sulfonamides is 1. The Hall–Kier alpha value is -0.430. The van der Waals surface area contributed by atoms with Crippen LogP contribution in [0.5, 0.6) is 0 Å². The van der Waals surface area contributed by atoms with Crippen molar-refractivity contribution in [3.8, 4) is 0 Å². The van der Waals surface area contributed by atoms with Gasteiger partial charge in [-0.3, -0.25) is 0 Å². The van der Waals surface area contributed by atoms with Crippen LogP contribution in [0, 0.1) is 11.8 Å². The summed E-state index contributed by atoms with van der Waals surface area (Å²) in [5, 5.41) is 5.25. The Balaban J connectivity index is 1.66. The van der Waals surface area contributed by atoms with Gasteiger partial charge >= 0.3 is 0 Å². The van der Waals surface area contributed by atoms with E-state index in [-0.39, 0.29) is 6.04 Å². The topological polar surface area (TPSA) is 58.2 Å². The van der Waals surface area contributed by atoms with Gasteiger partial charge in [-0.15, -0.1) is 11.3 Å². The highest BCUT2D eigenvalue weighted by atomic mass is 32.2. The molecule has 0 atom stereocenters. The molecule has 21 heavy (non-hydrogen) atoms. The smallest absolute Gasteiger partial charge is 0.250 e. The second kappa shape index (κ2) is 5.99. The molecule has 6 heteroatoms. The van der Waals surface area contributed by atoms with E-state index >= 15 is 0 Å². The Kier molecular flexibility index (Phi) is 4.41. The van der Waals surface area contributed by atoms with Gasteiger partial charge in [0.15, 0.2) is 0 Å². The third-order valence-corrected chi connectivity index (χ3v) is 7.11. The maximum atomic E-state index is 12.5. The predicted molar refractivity (Wildman–Crippen MR) is 85.9 cm³/mol. The van der Waals surface area contributed by atoms with E-state index in [0.717, 1.165) is 12.1 Å². The first kappa shape index (κ1) is 15.5. The molecule has 3 rings (SSSR count). The van der Waals surface area contributed by atoms with Crippen LogP contribution in [-0.2, 0) is 16.6 Å². The van der Waals surface area contributed by atoms with E-state index < -0.39 is 10.0 Å². The molecule has 1 aromatic rings. The van der Waals surface area contributed by atoms with Crippen molar-refractivity contribution in [3.63, 3.8) is 0 Å². The van der Waals surface area contributed by atoms with Crippen molar-refractivity contribution in [2.45, 2.75) is 62.4 Å². The van der Waals surface area contributed by atoms with E-state index in [2.05, 4.69) is 23.9 Å². The molecule has 0 aliphatic heterocycles. The highest BCUT2D eigenvalue weighted by Gasteiger charge is 2.43. The zero-order valence-corrected chi connectivity index (χ0v) is 14.3. The summed E-state index contributed by atoms with van der Waals surface area (Å²) < 4.78 is 28.5. The van der Waals surface area contributed by atoms with Gasteiger partial charge in [-0.1, -0.05) is 13.8 Å². The molecule has 0 spiro atoms. The Morgan fingerprint density at radius 2 is 1.86 bits per heavy atom. The molecule has 0 amide bonds. The van der Waals surface area contributed by atoms with E-state index in [1.807, 2.05) is 5.38 Å². The van der Waals surface area contributed by atoms with Crippen molar-refractivity contribution < 1.29 is 8.42 Å². The largest absolute Gasteiger partial charge is 0.310 e. The second-order valence-corrected chi connectivity index (χ2v) is 9.48. The molecule has 1 aromatic heterocycles. The zero-order chi connectivity index (χ0) is 15.0. The van der Waals surface area contributed by atoms with Gasteiger partial charge in [-0.05, 0) is 54.5 Å². The van der Waals surface area contributed by atoms with E-state index in [9.17, 15) is 8.42 Å². The molecule has 0 saturated heterocycles. The quantitative estimate of drug-likeness (QED) is 0.771. The molecule has 0 aromatic carbocycles. The molecule has 2 aliphatic carbocycles. The summed E-state index contributed by atoms with van der Waals surface area (Å²) in [5.74, 6) is 1.16. The fourth-order valence-corrected chi connectivity index (χ4v) is 5.23. The number of hydrogen-bond donors (Lipinski definition) is 2. The fraction of sp³-hybridized carbons (Fsp3) is 0.733. The molecule has 2 saturated carbocycles. The number of nitrogens with one attached hydrogen (secondary N) is 2. The van der Waals surface area contributed by atoms with Gasteiger partial charge < -0.3 is 5.32 Å². The van der Waals surface area contributed by atoms with Crippen molar-refractivity contribution in [2.24, 2.45) is 11.8 Å². The van der Waals surface area contributed by atoms with Gasteiger partial charge in [0, 0.05) is 18.6 Å². The summed E-state index contributed by atoms with van der Waals surface area (Å²) in [6.07, 6.45) is 4.71. The Morgan fingerprint density at radius 3 is 2.38 bits per heavy atom. The normalized spacial score (nSPS) is 19.6. The Bertz CT molecular complexity index is 575. The lowest BCUT2D eigenvalue weighted by Gasteiger charge is -2.16. The standard InChI is InChI=1S/C15H24N2O2S2/c1-10(2)16-8-11-7-14(20-9-11)21(18,19)17-15(12-3-4-12)13-5-6-13/h7,9-10,12-13,15-17H,3-6,8H2,1-2H3. The van der Waals surface area contributed by atoms with Gasteiger partial charge in [0.1, 0.15) is 4.21 Å². The van der Waals surface area contributed by atoms with Gasteiger partial charge in [0.05, 0.1) is 0 Å². The Morgan fingerprint density at radius 1 is 1.24 bits per heavy atom. The number of hydrogen-bond acceptors (Lipinski definition) is 4. The molecule has 0 bridgehead atoms. The van der Waals surface area contributed by atoms with Crippen LogP contribution < -0.4 is 10.0 Å². The number of thiophene rings is 1. The van der Waals surface area contributed by atoms with Crippen molar-refractivity contribution in [2.75, 3.05) is 0 Å². The SMILES string of the molecule is CC(C)NCc1csc(S(=O)(=O)NC(C2CC2)C2CC2)c1. The summed E-state index contributed by atoms with van der Waals surface area (Å²) >= 11 is 1.32. The highest BCUT2D eigenvalue weighted by Crippen LogP contribution is 2.45. The minimum absolute atomic E-state index is 0.175. The van der Waals surface area contributed by atoms with Crippen LogP contribution in [-0.4, -0.2) is 20.5 Å². The van der Waals surface area contributed by atoms with Gasteiger partial charge in [0.2, 0.25) is 10.0 Å². The highest BCUT2D eigenvalue weighted by molar-refractivity contribution is 7.91. The van der Waals surface area contributed by atoms with Crippen LogP contribution in [0.2, 0.25) is 0 Å². The van der Waals surface area contributed by atoms with Crippen molar-refractivity contribution in [1.82, 2.24) is 10.0 Å². The molecule has 118 valence electrons. The van der Waals surface area contributed by atoms with Crippen LogP contribution >= 0.6 is 11.3 Å². The summed E-state index contributed by atoms with van der Waals surface area (Å²) in [4.78, 5) is 0. The molecular weight excluding hydrogens is 304 g/mol. The first-order valence-electron chi connectivity index (χ1n) is 7.79. The van der Waals surface area contributed by atoms with E-state index in [0.29, 0.717) is 22.1 Å². The molecule has 0 radical (unpaired) electrons. The third kappa shape index (κ3) is 4.06. The van der Waals surface area contributed by atoms with Crippen LogP contribution in [0.15, 0.2) is 15.7 Å². The lowest BCUT2D eigenvalue weighted by atomic mass is 10.1. The van der Waals surface area contributed by atoms with Crippen LogP contribution in [0.4, 0.5) is 0 Å². The van der Waals surface area contributed by atoms with Gasteiger partial charge in [-0.2, -0.15) is 0 Å². The lowest BCUT2D eigenvalue weighted by molar-refractivity contribution is 0.472. The lowest BCUT2D eigenvalue weighted by Crippen LogP contribution is -2.37. The van der Waals surface area contributed by atoms with Crippen LogP contribution in [0.25, 0.3) is 0 Å². The first-order chi connectivity index (χ1) is 9.95. The predicted octanol–water partition coefficient (Wildman–Crippen LogP) is 2.71. The van der Waals surface area contributed by atoms with Crippen molar-refractivity contribution >= 4 is 21.4 Å². The van der Waals surface area contributed by atoms with E-state index in [1.165, 1.54) is 37.0 Å². The van der Waals surface area contributed by atoms with Crippen LogP contribution in [0.1, 0.15) is 45.1 Å². The van der Waals surface area contributed by atoms with Crippen molar-refractivity contribution in [3.05, 3.63) is 17.0 Å².